The summed E-state index contributed by atoms with van der Waals surface area (Å²) in [4.78, 5) is 30.5. The molecule has 0 aliphatic heterocycles. The molecular weight excluding hydrogens is 366 g/mol. The molecular formula is C24H23NO4. The molecule has 5 nitrogen and oxygen atoms in total. The van der Waals surface area contributed by atoms with Crippen molar-refractivity contribution < 1.29 is 19.1 Å². The molecule has 0 saturated carbocycles. The first-order valence-electron chi connectivity index (χ1n) is 9.55. The van der Waals surface area contributed by atoms with Crippen molar-refractivity contribution in [2.24, 2.45) is 5.41 Å². The number of carbonyl (C=O) groups is 2. The zero-order valence-electron chi connectivity index (χ0n) is 17.0. The maximum absolute atomic E-state index is 12.8. The Hall–Kier alpha value is -3.21. The van der Waals surface area contributed by atoms with Crippen molar-refractivity contribution in [1.29, 1.82) is 0 Å². The van der Waals surface area contributed by atoms with E-state index in [4.69, 9.17) is 14.5 Å². The van der Waals surface area contributed by atoms with E-state index in [0.717, 1.165) is 44.4 Å². The van der Waals surface area contributed by atoms with Crippen molar-refractivity contribution >= 4 is 22.8 Å². The Morgan fingerprint density at radius 2 is 1.69 bits per heavy atom. The molecule has 0 spiro atoms. The maximum Gasteiger partial charge on any atom is 0.323 e. The molecule has 148 valence electrons. The molecule has 3 aromatic rings. The first kappa shape index (κ1) is 19.1. The number of nitrogens with zero attached hydrogens (tertiary/aromatic N) is 1. The van der Waals surface area contributed by atoms with E-state index in [1.807, 2.05) is 50.2 Å². The van der Waals surface area contributed by atoms with Crippen molar-refractivity contribution in [3.63, 3.8) is 0 Å². The van der Waals surface area contributed by atoms with E-state index in [1.165, 1.54) is 14.2 Å². The van der Waals surface area contributed by atoms with E-state index in [-0.39, 0.29) is 12.8 Å². The summed E-state index contributed by atoms with van der Waals surface area (Å²) in [5.74, 6) is -1.14. The van der Waals surface area contributed by atoms with Crippen molar-refractivity contribution in [3.8, 4) is 11.3 Å². The number of aromatic nitrogens is 1. The van der Waals surface area contributed by atoms with Crippen LogP contribution in [0.1, 0.15) is 22.3 Å². The third kappa shape index (κ3) is 2.97. The third-order valence-electron chi connectivity index (χ3n) is 5.83. The molecule has 1 aliphatic carbocycles. The van der Waals surface area contributed by atoms with Gasteiger partial charge in [-0.1, -0.05) is 29.8 Å². The van der Waals surface area contributed by atoms with Gasteiger partial charge in [0.1, 0.15) is 0 Å². The normalized spacial score (nSPS) is 14.5. The predicted octanol–water partition coefficient (Wildman–Crippen LogP) is 3.95. The molecule has 0 fully saturated rings. The molecule has 0 amide bonds. The smallest absolute Gasteiger partial charge is 0.323 e. The lowest BCUT2D eigenvalue weighted by atomic mass is 9.70. The summed E-state index contributed by atoms with van der Waals surface area (Å²) >= 11 is 0. The maximum atomic E-state index is 12.8. The fourth-order valence-electron chi connectivity index (χ4n) is 4.36. The van der Waals surface area contributed by atoms with Crippen LogP contribution >= 0.6 is 0 Å². The molecule has 0 radical (unpaired) electrons. The van der Waals surface area contributed by atoms with Gasteiger partial charge >= 0.3 is 11.9 Å². The van der Waals surface area contributed by atoms with E-state index >= 15 is 0 Å². The second-order valence-electron chi connectivity index (χ2n) is 7.71. The van der Waals surface area contributed by atoms with Crippen LogP contribution in [0.25, 0.3) is 22.2 Å². The zero-order valence-corrected chi connectivity index (χ0v) is 17.0. The Bertz CT molecular complexity index is 1130. The quantitative estimate of drug-likeness (QED) is 0.501. The van der Waals surface area contributed by atoms with Crippen LogP contribution in [-0.2, 0) is 31.9 Å². The topological polar surface area (TPSA) is 65.5 Å². The summed E-state index contributed by atoms with van der Waals surface area (Å²) in [5, 5.41) is 1.02. The first-order chi connectivity index (χ1) is 13.9. The van der Waals surface area contributed by atoms with E-state index in [0.29, 0.717) is 0 Å². The van der Waals surface area contributed by atoms with Gasteiger partial charge in [-0.3, -0.25) is 9.59 Å². The van der Waals surface area contributed by atoms with Gasteiger partial charge in [0, 0.05) is 23.8 Å². The second kappa shape index (κ2) is 6.99. The monoisotopic (exact) mass is 389 g/mol. The summed E-state index contributed by atoms with van der Waals surface area (Å²) in [5.41, 5.74) is 5.30. The zero-order chi connectivity index (χ0) is 20.8. The van der Waals surface area contributed by atoms with Gasteiger partial charge < -0.3 is 9.47 Å². The van der Waals surface area contributed by atoms with Crippen molar-refractivity contribution in [2.45, 2.75) is 26.7 Å². The number of pyridine rings is 1. The van der Waals surface area contributed by atoms with Crippen molar-refractivity contribution in [3.05, 3.63) is 64.7 Å². The third-order valence-corrected chi connectivity index (χ3v) is 5.83. The number of rotatable bonds is 3. The van der Waals surface area contributed by atoms with Gasteiger partial charge in [-0.2, -0.15) is 0 Å². The molecule has 29 heavy (non-hydrogen) atoms. The summed E-state index contributed by atoms with van der Waals surface area (Å²) in [6.07, 6.45) is 0.467. The molecule has 0 saturated heterocycles. The SMILES string of the molecule is COC(=O)C1(C(=O)OC)Cc2cc(-c3cccc(C)c3)nc3ccc(C)c(c23)C1. The summed E-state index contributed by atoms with van der Waals surface area (Å²) in [6.45, 7) is 4.02. The van der Waals surface area contributed by atoms with Crippen molar-refractivity contribution in [2.75, 3.05) is 14.2 Å². The molecule has 0 N–H and O–H groups in total. The van der Waals surface area contributed by atoms with Gasteiger partial charge in [0.15, 0.2) is 5.41 Å². The molecule has 5 heteroatoms. The minimum atomic E-state index is -1.39. The highest BCUT2D eigenvalue weighted by molar-refractivity contribution is 6.04. The molecule has 1 aliphatic rings. The number of aryl methyl sites for hydroxylation is 2. The second-order valence-corrected chi connectivity index (χ2v) is 7.71. The largest absolute Gasteiger partial charge is 0.468 e. The lowest BCUT2D eigenvalue weighted by Crippen LogP contribution is -2.46. The Morgan fingerprint density at radius 3 is 2.34 bits per heavy atom. The number of hydrogen-bond acceptors (Lipinski definition) is 5. The van der Waals surface area contributed by atoms with Crippen molar-refractivity contribution in [1.82, 2.24) is 4.98 Å². The van der Waals surface area contributed by atoms with Gasteiger partial charge in [0.25, 0.3) is 0 Å². The number of methoxy groups -OCH3 is 2. The van der Waals surface area contributed by atoms with Crippen LogP contribution in [-0.4, -0.2) is 31.1 Å². The van der Waals surface area contributed by atoms with Crippen LogP contribution in [0.4, 0.5) is 0 Å². The van der Waals surface area contributed by atoms with Crippen LogP contribution in [0, 0.1) is 19.3 Å². The average molecular weight is 389 g/mol. The highest BCUT2D eigenvalue weighted by atomic mass is 16.5. The number of esters is 2. The number of benzene rings is 2. The minimum Gasteiger partial charge on any atom is -0.468 e. The average Bonchev–Trinajstić information content (AvgIpc) is 2.74. The van der Waals surface area contributed by atoms with E-state index < -0.39 is 17.4 Å². The van der Waals surface area contributed by atoms with E-state index in [2.05, 4.69) is 6.07 Å². The highest BCUT2D eigenvalue weighted by Gasteiger charge is 2.51. The van der Waals surface area contributed by atoms with E-state index in [9.17, 15) is 9.59 Å². The first-order valence-corrected chi connectivity index (χ1v) is 9.55. The summed E-state index contributed by atoms with van der Waals surface area (Å²) < 4.78 is 10.1. The lowest BCUT2D eigenvalue weighted by molar-refractivity contribution is -0.169. The molecule has 1 heterocycles. The predicted molar refractivity (Wildman–Crippen MR) is 111 cm³/mol. The van der Waals surface area contributed by atoms with Crippen LogP contribution < -0.4 is 0 Å². The molecule has 0 bridgehead atoms. The fraction of sp³-hybridized carbons (Fsp3) is 0.292. The van der Waals surface area contributed by atoms with Crippen LogP contribution in [0.3, 0.4) is 0 Å². The minimum absolute atomic E-state index is 0.223. The van der Waals surface area contributed by atoms with Gasteiger partial charge in [-0.15, -0.1) is 0 Å². The van der Waals surface area contributed by atoms with E-state index in [1.54, 1.807) is 0 Å². The van der Waals surface area contributed by atoms with Gasteiger partial charge in [0.2, 0.25) is 0 Å². The summed E-state index contributed by atoms with van der Waals surface area (Å²) in [7, 11) is 2.61. The Balaban J connectivity index is 1.99. The fourth-order valence-corrected chi connectivity index (χ4v) is 4.36. The number of hydrogen-bond donors (Lipinski definition) is 0. The standard InChI is InChI=1S/C24H23NO4/c1-14-6-5-7-16(10-14)20-11-17-12-24(22(26)28-3,23(27)29-4)13-18-15(2)8-9-19(25-20)21(17)18/h5-11H,12-13H2,1-4H3. The molecule has 0 unspecified atom stereocenters. The summed E-state index contributed by atoms with van der Waals surface area (Å²) in [6, 6.07) is 14.1. The molecule has 2 aromatic carbocycles. The molecule has 0 atom stereocenters. The number of ether oxygens (including phenoxy) is 2. The van der Waals surface area contributed by atoms with Gasteiger partial charge in [0.05, 0.1) is 25.4 Å². The van der Waals surface area contributed by atoms with Gasteiger partial charge in [-0.05, 0) is 48.7 Å². The van der Waals surface area contributed by atoms with Crippen LogP contribution in [0.5, 0.6) is 0 Å². The number of carbonyl (C=O) groups excluding carboxylic acids is 2. The van der Waals surface area contributed by atoms with Gasteiger partial charge in [-0.25, -0.2) is 4.98 Å². The highest BCUT2D eigenvalue weighted by Crippen LogP contribution is 2.42. The lowest BCUT2D eigenvalue weighted by Gasteiger charge is -2.34. The Labute approximate surface area is 169 Å². The molecule has 4 rings (SSSR count). The Kier molecular flexibility index (Phi) is 4.61. The van der Waals surface area contributed by atoms with Crippen LogP contribution in [0.15, 0.2) is 42.5 Å². The molecule has 1 aromatic heterocycles. The Morgan fingerprint density at radius 1 is 0.966 bits per heavy atom. The van der Waals surface area contributed by atoms with Crippen LogP contribution in [0.2, 0.25) is 0 Å².